The molecular weight excluding hydrogens is 714 g/mol. The molecule has 1 aliphatic rings. The number of ether oxygens (including phenoxy) is 1. The molecule has 0 saturated heterocycles. The van der Waals surface area contributed by atoms with E-state index in [1.807, 2.05) is 43.3 Å². The number of carbonyl (C=O) groups is 1. The number of carbonyl (C=O) groups excluding carboxylic acids is 1. The third-order valence-corrected chi connectivity index (χ3v) is 8.58. The van der Waals surface area contributed by atoms with Gasteiger partial charge in [0, 0.05) is 9.13 Å². The number of hydrogen-bond acceptors (Lipinski definition) is 6. The number of aromatic nitrogens is 1. The fourth-order valence-electron chi connectivity index (χ4n) is 4.34. The second-order valence-electron chi connectivity index (χ2n) is 9.06. The number of fused-ring (bicyclic) bond motifs is 1. The van der Waals surface area contributed by atoms with Crippen molar-refractivity contribution in [3.05, 3.63) is 91.2 Å². The average Bonchev–Trinajstić information content (AvgIpc) is 3.16. The Morgan fingerprint density at radius 3 is 2.54 bits per heavy atom. The molecule has 6 nitrogen and oxygen atoms in total. The highest BCUT2D eigenvalue weighted by Crippen LogP contribution is 2.33. The van der Waals surface area contributed by atoms with Crippen LogP contribution in [0, 0.1) is 7.14 Å². The van der Waals surface area contributed by atoms with Gasteiger partial charge in [0.1, 0.15) is 5.75 Å². The van der Waals surface area contributed by atoms with Crippen molar-refractivity contribution in [1.82, 2.24) is 4.57 Å². The van der Waals surface area contributed by atoms with Gasteiger partial charge < -0.3 is 9.84 Å². The zero-order valence-corrected chi connectivity index (χ0v) is 26.2. The van der Waals surface area contributed by atoms with Crippen molar-refractivity contribution in [2.45, 2.75) is 52.5 Å². The minimum absolute atomic E-state index is 0.131. The van der Waals surface area contributed by atoms with E-state index < -0.39 is 12.0 Å². The Labute approximate surface area is 247 Å². The van der Waals surface area contributed by atoms with Gasteiger partial charge in [-0.15, -0.1) is 0 Å². The predicted molar refractivity (Wildman–Crippen MR) is 164 cm³/mol. The molecule has 9 heteroatoms. The fraction of sp³-hybridized carbons (Fsp3) is 0.321. The summed E-state index contributed by atoms with van der Waals surface area (Å²) in [5, 5.41) is 10.6. The van der Waals surface area contributed by atoms with E-state index in [-0.39, 0.29) is 17.9 Å². The van der Waals surface area contributed by atoms with E-state index in [2.05, 4.69) is 59.0 Å². The van der Waals surface area contributed by atoms with Gasteiger partial charge in [0.2, 0.25) is 0 Å². The van der Waals surface area contributed by atoms with Gasteiger partial charge in [-0.05, 0) is 93.8 Å². The largest absolute Gasteiger partial charge is 0.506 e. The summed E-state index contributed by atoms with van der Waals surface area (Å²) >= 11 is 5.54. The number of thiazole rings is 1. The number of phenolic OH excluding ortho intramolecular Hbond substituents is 1. The first kappa shape index (κ1) is 28.0. The van der Waals surface area contributed by atoms with Crippen LogP contribution in [0.25, 0.3) is 6.08 Å². The molecule has 0 spiro atoms. The number of phenols is 1. The quantitative estimate of drug-likeness (QED) is 0.252. The molecule has 194 valence electrons. The van der Waals surface area contributed by atoms with Crippen LogP contribution in [0.4, 0.5) is 0 Å². The van der Waals surface area contributed by atoms with Gasteiger partial charge in [0.05, 0.1) is 32.0 Å². The van der Waals surface area contributed by atoms with E-state index in [4.69, 9.17) is 9.73 Å². The number of esters is 1. The predicted octanol–water partition coefficient (Wildman–Crippen LogP) is 5.62. The molecule has 0 unspecified atom stereocenters. The lowest BCUT2D eigenvalue weighted by atomic mass is 9.92. The summed E-state index contributed by atoms with van der Waals surface area (Å²) < 4.78 is 9.17. The normalized spacial score (nSPS) is 15.6. The van der Waals surface area contributed by atoms with Crippen molar-refractivity contribution in [3.63, 3.8) is 0 Å². The first-order chi connectivity index (χ1) is 17.7. The summed E-state index contributed by atoms with van der Waals surface area (Å²) in [6.07, 6.45) is 3.09. The van der Waals surface area contributed by atoms with Gasteiger partial charge in [-0.25, -0.2) is 9.79 Å². The van der Waals surface area contributed by atoms with Crippen LogP contribution in [0.5, 0.6) is 5.75 Å². The first-order valence-corrected chi connectivity index (χ1v) is 15.1. The molecule has 1 N–H and O–H groups in total. The van der Waals surface area contributed by atoms with Crippen LogP contribution in [-0.4, -0.2) is 22.2 Å². The Morgan fingerprint density at radius 1 is 1.22 bits per heavy atom. The molecule has 1 aromatic heterocycles. The number of hydrogen-bond donors (Lipinski definition) is 1. The van der Waals surface area contributed by atoms with Gasteiger partial charge >= 0.3 is 5.97 Å². The highest BCUT2D eigenvalue weighted by Gasteiger charge is 2.34. The van der Waals surface area contributed by atoms with Crippen LogP contribution in [0.2, 0.25) is 0 Å². The van der Waals surface area contributed by atoms with E-state index in [0.29, 0.717) is 42.1 Å². The number of aromatic hydroxyl groups is 1. The molecule has 0 saturated carbocycles. The minimum atomic E-state index is -0.648. The lowest BCUT2D eigenvalue weighted by Crippen LogP contribution is -2.40. The summed E-state index contributed by atoms with van der Waals surface area (Å²) in [6.45, 7) is 8.30. The van der Waals surface area contributed by atoms with Crippen LogP contribution in [0.3, 0.4) is 0 Å². The monoisotopic (exact) mass is 742 g/mol. The Balaban J connectivity index is 2.00. The van der Waals surface area contributed by atoms with Gasteiger partial charge in [-0.2, -0.15) is 0 Å². The topological polar surface area (TPSA) is 80.9 Å². The number of nitrogens with zero attached hydrogens (tertiary/aromatic N) is 2. The number of benzene rings is 2. The molecule has 4 rings (SSSR count). The maximum atomic E-state index is 13.9. The van der Waals surface area contributed by atoms with E-state index in [1.54, 1.807) is 17.6 Å². The van der Waals surface area contributed by atoms with Crippen molar-refractivity contribution >= 4 is 68.6 Å². The summed E-state index contributed by atoms with van der Waals surface area (Å²) in [5.74, 6) is 0.0363. The number of allylic oxidation sites excluding steroid dienone is 1. The lowest BCUT2D eigenvalue weighted by Gasteiger charge is -2.26. The van der Waals surface area contributed by atoms with Gasteiger partial charge in [0.25, 0.3) is 5.56 Å². The molecule has 0 radical (unpaired) electrons. The molecule has 2 aromatic carbocycles. The van der Waals surface area contributed by atoms with Crippen LogP contribution in [0.1, 0.15) is 69.2 Å². The van der Waals surface area contributed by atoms with Crippen molar-refractivity contribution < 1.29 is 14.6 Å². The minimum Gasteiger partial charge on any atom is -0.506 e. The summed E-state index contributed by atoms with van der Waals surface area (Å²) in [7, 11) is 0. The van der Waals surface area contributed by atoms with Gasteiger partial charge in [-0.1, -0.05) is 62.8 Å². The second-order valence-corrected chi connectivity index (χ2v) is 12.5. The zero-order chi connectivity index (χ0) is 26.9. The molecule has 0 aliphatic carbocycles. The maximum absolute atomic E-state index is 13.9. The van der Waals surface area contributed by atoms with Crippen molar-refractivity contribution in [2.75, 3.05) is 6.61 Å². The van der Waals surface area contributed by atoms with Crippen LogP contribution in [0.15, 0.2) is 57.5 Å². The van der Waals surface area contributed by atoms with Crippen LogP contribution < -0.4 is 14.9 Å². The van der Waals surface area contributed by atoms with E-state index in [9.17, 15) is 14.7 Å². The smallest absolute Gasteiger partial charge is 0.338 e. The highest BCUT2D eigenvalue weighted by atomic mass is 127. The Hall–Kier alpha value is -1.99. The average molecular weight is 742 g/mol. The molecule has 3 aromatic rings. The second kappa shape index (κ2) is 11.8. The Kier molecular flexibility index (Phi) is 8.95. The Morgan fingerprint density at radius 2 is 1.92 bits per heavy atom. The standard InChI is InChI=1S/C28H28I2N2O4S/c1-5-7-21-23(27(35)36-6-2)24(17-10-8-16(9-11-17)15(3)4)32-26(34)22(37-28(32)31-21)13-18-12-19(29)14-20(30)25(18)33/h8-15,24,33H,5-7H2,1-4H3/b22-13-/t24-/m0/s1. The molecule has 0 fully saturated rings. The molecule has 1 atom stereocenters. The fourth-order valence-corrected chi connectivity index (χ4v) is 7.24. The number of halogens is 2. The summed E-state index contributed by atoms with van der Waals surface area (Å²) in [6, 6.07) is 11.1. The molecular formula is C28H28I2N2O4S. The van der Waals surface area contributed by atoms with Crippen molar-refractivity contribution in [1.29, 1.82) is 0 Å². The number of rotatable bonds is 7. The van der Waals surface area contributed by atoms with E-state index in [1.165, 1.54) is 16.9 Å². The molecule has 0 bridgehead atoms. The van der Waals surface area contributed by atoms with E-state index >= 15 is 0 Å². The molecule has 37 heavy (non-hydrogen) atoms. The third-order valence-electron chi connectivity index (χ3n) is 6.16. The molecule has 0 amide bonds. The van der Waals surface area contributed by atoms with Crippen LogP contribution in [-0.2, 0) is 9.53 Å². The molecule has 2 heterocycles. The zero-order valence-electron chi connectivity index (χ0n) is 21.0. The van der Waals surface area contributed by atoms with E-state index in [0.717, 1.165) is 15.6 Å². The molecule has 1 aliphatic heterocycles. The van der Waals surface area contributed by atoms with Crippen LogP contribution >= 0.6 is 56.5 Å². The van der Waals surface area contributed by atoms with Crippen molar-refractivity contribution in [3.8, 4) is 5.75 Å². The lowest BCUT2D eigenvalue weighted by molar-refractivity contribution is -0.139. The maximum Gasteiger partial charge on any atom is 0.338 e. The SMILES string of the molecule is CCCC1=C(C(=O)OCC)[C@H](c2ccc(C(C)C)cc2)n2c(s/c(=C\c3cc(I)cc(I)c3O)c2=O)=N1. The van der Waals surface area contributed by atoms with Crippen molar-refractivity contribution in [2.24, 2.45) is 4.99 Å². The highest BCUT2D eigenvalue weighted by molar-refractivity contribution is 14.1. The Bertz CT molecular complexity index is 1550. The summed E-state index contributed by atoms with van der Waals surface area (Å²) in [4.78, 5) is 32.5. The summed E-state index contributed by atoms with van der Waals surface area (Å²) in [5.41, 5.74) is 3.38. The van der Waals surface area contributed by atoms with Gasteiger partial charge in [0.15, 0.2) is 4.80 Å². The first-order valence-electron chi connectivity index (χ1n) is 12.2. The third kappa shape index (κ3) is 5.73. The van der Waals surface area contributed by atoms with Gasteiger partial charge in [-0.3, -0.25) is 9.36 Å².